The number of carbonyl (C=O) groups is 1. The Morgan fingerprint density at radius 2 is 1.68 bits per heavy atom. The average Bonchev–Trinajstić information content (AvgIpc) is 2.63. The number of carbonyl (C=O) groups excluding carboxylic acids is 1. The van der Waals surface area contributed by atoms with Crippen molar-refractivity contribution in [1.29, 1.82) is 0 Å². The van der Waals surface area contributed by atoms with E-state index in [1.165, 1.54) is 16.3 Å². The molecule has 0 fully saturated rings. The third-order valence-electron chi connectivity index (χ3n) is 4.09. The van der Waals surface area contributed by atoms with Crippen molar-refractivity contribution in [3.8, 4) is 0 Å². The first-order valence-corrected chi connectivity index (χ1v) is 8.75. The predicted molar refractivity (Wildman–Crippen MR) is 105 cm³/mol. The Bertz CT molecular complexity index is 739. The van der Waals surface area contributed by atoms with E-state index in [1.54, 1.807) is 7.05 Å². The van der Waals surface area contributed by atoms with Crippen LogP contribution in [0, 0.1) is 5.92 Å². The molecule has 0 spiro atoms. The van der Waals surface area contributed by atoms with E-state index in [2.05, 4.69) is 64.3 Å². The quantitative estimate of drug-likeness (QED) is 0.430. The molecule has 0 radical (unpaired) electrons. The van der Waals surface area contributed by atoms with Crippen molar-refractivity contribution in [2.24, 2.45) is 10.9 Å². The molecule has 3 N–H and O–H groups in total. The molecule has 0 aliphatic carbocycles. The summed E-state index contributed by atoms with van der Waals surface area (Å²) in [5, 5.41) is 12.0. The second kappa shape index (κ2) is 9.06. The first-order valence-electron chi connectivity index (χ1n) is 8.75. The standard InChI is InChI=1S/C20H28N4O/c1-14(2)19(25)22-11-12-23-20(21-4)24-15(3)17-10-9-16-7-5-6-8-18(16)13-17/h5-10,13-15H,11-12H2,1-4H3,(H,22,25)(H2,21,23,24). The minimum Gasteiger partial charge on any atom is -0.355 e. The number of amides is 1. The summed E-state index contributed by atoms with van der Waals surface area (Å²) in [4.78, 5) is 15.8. The Morgan fingerprint density at radius 3 is 2.36 bits per heavy atom. The van der Waals surface area contributed by atoms with Gasteiger partial charge in [-0.3, -0.25) is 9.79 Å². The lowest BCUT2D eigenvalue weighted by Gasteiger charge is -2.19. The second-order valence-corrected chi connectivity index (χ2v) is 6.42. The van der Waals surface area contributed by atoms with E-state index in [1.807, 2.05) is 19.9 Å². The van der Waals surface area contributed by atoms with Crippen molar-refractivity contribution in [3.63, 3.8) is 0 Å². The van der Waals surface area contributed by atoms with Gasteiger partial charge in [-0.05, 0) is 29.3 Å². The summed E-state index contributed by atoms with van der Waals surface area (Å²) in [6.07, 6.45) is 0. The van der Waals surface area contributed by atoms with Gasteiger partial charge in [0.15, 0.2) is 5.96 Å². The van der Waals surface area contributed by atoms with Gasteiger partial charge in [0.1, 0.15) is 0 Å². The Kier molecular flexibility index (Phi) is 6.81. The zero-order chi connectivity index (χ0) is 18.2. The van der Waals surface area contributed by atoms with E-state index in [0.29, 0.717) is 13.1 Å². The zero-order valence-corrected chi connectivity index (χ0v) is 15.5. The van der Waals surface area contributed by atoms with Gasteiger partial charge in [-0.2, -0.15) is 0 Å². The van der Waals surface area contributed by atoms with Crippen molar-refractivity contribution in [3.05, 3.63) is 48.0 Å². The highest BCUT2D eigenvalue weighted by Crippen LogP contribution is 2.20. The number of aliphatic imine (C=N–C) groups is 1. The molecule has 2 aromatic carbocycles. The molecule has 0 bridgehead atoms. The number of rotatable bonds is 6. The monoisotopic (exact) mass is 340 g/mol. The van der Waals surface area contributed by atoms with Gasteiger partial charge in [0.2, 0.25) is 5.91 Å². The topological polar surface area (TPSA) is 65.5 Å². The summed E-state index contributed by atoms with van der Waals surface area (Å²) in [5.41, 5.74) is 1.20. The first-order chi connectivity index (χ1) is 12.0. The second-order valence-electron chi connectivity index (χ2n) is 6.42. The molecule has 1 atom stereocenters. The van der Waals surface area contributed by atoms with Crippen LogP contribution in [0.4, 0.5) is 0 Å². The van der Waals surface area contributed by atoms with Crippen LogP contribution in [0.2, 0.25) is 0 Å². The maximum Gasteiger partial charge on any atom is 0.222 e. The molecule has 0 aromatic heterocycles. The number of nitrogens with one attached hydrogen (secondary N) is 3. The fraction of sp³-hybridized carbons (Fsp3) is 0.400. The third kappa shape index (κ3) is 5.48. The lowest BCUT2D eigenvalue weighted by atomic mass is 10.0. The van der Waals surface area contributed by atoms with Crippen molar-refractivity contribution in [1.82, 2.24) is 16.0 Å². The van der Waals surface area contributed by atoms with Gasteiger partial charge in [-0.25, -0.2) is 0 Å². The molecule has 134 valence electrons. The minimum absolute atomic E-state index is 0.00497. The third-order valence-corrected chi connectivity index (χ3v) is 4.09. The van der Waals surface area contributed by atoms with E-state index in [-0.39, 0.29) is 17.9 Å². The van der Waals surface area contributed by atoms with Crippen molar-refractivity contribution in [2.75, 3.05) is 20.1 Å². The van der Waals surface area contributed by atoms with E-state index in [9.17, 15) is 4.79 Å². The Hall–Kier alpha value is -2.56. The number of benzene rings is 2. The van der Waals surface area contributed by atoms with Crippen LogP contribution in [-0.4, -0.2) is 32.0 Å². The SMILES string of the molecule is CN=C(NCCNC(=O)C(C)C)NC(C)c1ccc2ccccc2c1. The number of hydrogen-bond donors (Lipinski definition) is 3. The maximum absolute atomic E-state index is 11.5. The molecule has 2 aromatic rings. The molecule has 5 nitrogen and oxygen atoms in total. The number of nitrogens with zero attached hydrogens (tertiary/aromatic N) is 1. The molecule has 1 amide bonds. The van der Waals surface area contributed by atoms with E-state index < -0.39 is 0 Å². The molecule has 25 heavy (non-hydrogen) atoms. The van der Waals surface area contributed by atoms with Crippen LogP contribution in [0.15, 0.2) is 47.5 Å². The highest BCUT2D eigenvalue weighted by Gasteiger charge is 2.09. The van der Waals surface area contributed by atoms with Crippen LogP contribution in [0.25, 0.3) is 10.8 Å². The van der Waals surface area contributed by atoms with Crippen LogP contribution < -0.4 is 16.0 Å². The van der Waals surface area contributed by atoms with Gasteiger partial charge < -0.3 is 16.0 Å². The van der Waals surface area contributed by atoms with Gasteiger partial charge in [0.25, 0.3) is 0 Å². The summed E-state index contributed by atoms with van der Waals surface area (Å²) in [7, 11) is 1.75. The molecule has 0 aliphatic rings. The largest absolute Gasteiger partial charge is 0.355 e. The van der Waals surface area contributed by atoms with Crippen LogP contribution in [-0.2, 0) is 4.79 Å². The Morgan fingerprint density at radius 1 is 1.00 bits per heavy atom. The van der Waals surface area contributed by atoms with Gasteiger partial charge in [-0.15, -0.1) is 0 Å². The molecule has 0 heterocycles. The van der Waals surface area contributed by atoms with Crippen LogP contribution in [0.3, 0.4) is 0 Å². The number of hydrogen-bond acceptors (Lipinski definition) is 2. The fourth-order valence-corrected chi connectivity index (χ4v) is 2.53. The average molecular weight is 340 g/mol. The zero-order valence-electron chi connectivity index (χ0n) is 15.5. The van der Waals surface area contributed by atoms with E-state index in [4.69, 9.17) is 0 Å². The summed E-state index contributed by atoms with van der Waals surface area (Å²) in [6, 6.07) is 14.9. The predicted octanol–water partition coefficient (Wildman–Crippen LogP) is 2.84. The summed E-state index contributed by atoms with van der Waals surface area (Å²) in [6.45, 7) is 7.07. The lowest BCUT2D eigenvalue weighted by molar-refractivity contribution is -0.123. The molecule has 0 saturated heterocycles. The van der Waals surface area contributed by atoms with Crippen molar-refractivity contribution < 1.29 is 4.79 Å². The molecular formula is C20H28N4O. The molecule has 2 rings (SSSR count). The molecule has 1 unspecified atom stereocenters. The highest BCUT2D eigenvalue weighted by atomic mass is 16.1. The Labute approximate surface area is 149 Å². The lowest BCUT2D eigenvalue weighted by Crippen LogP contribution is -2.42. The van der Waals surface area contributed by atoms with E-state index in [0.717, 1.165) is 5.96 Å². The smallest absolute Gasteiger partial charge is 0.222 e. The van der Waals surface area contributed by atoms with E-state index >= 15 is 0 Å². The molecular weight excluding hydrogens is 312 g/mol. The van der Waals surface area contributed by atoms with Gasteiger partial charge >= 0.3 is 0 Å². The normalized spacial score (nSPS) is 12.9. The van der Waals surface area contributed by atoms with Crippen molar-refractivity contribution >= 4 is 22.6 Å². The van der Waals surface area contributed by atoms with Crippen LogP contribution in [0.1, 0.15) is 32.4 Å². The molecule has 5 heteroatoms. The van der Waals surface area contributed by atoms with Crippen LogP contribution >= 0.6 is 0 Å². The fourth-order valence-electron chi connectivity index (χ4n) is 2.53. The maximum atomic E-state index is 11.5. The van der Waals surface area contributed by atoms with Gasteiger partial charge in [0.05, 0.1) is 6.04 Å². The summed E-state index contributed by atoms with van der Waals surface area (Å²) < 4.78 is 0. The van der Waals surface area contributed by atoms with Crippen LogP contribution in [0.5, 0.6) is 0 Å². The number of fused-ring (bicyclic) bond motifs is 1. The number of guanidine groups is 1. The highest BCUT2D eigenvalue weighted by molar-refractivity contribution is 5.84. The molecule has 0 aliphatic heterocycles. The molecule has 0 saturated carbocycles. The minimum atomic E-state index is 0.00497. The van der Waals surface area contributed by atoms with Gasteiger partial charge in [0, 0.05) is 26.1 Å². The summed E-state index contributed by atoms with van der Waals surface area (Å²) >= 11 is 0. The van der Waals surface area contributed by atoms with Gasteiger partial charge in [-0.1, -0.05) is 50.2 Å². The summed E-state index contributed by atoms with van der Waals surface area (Å²) in [5.74, 6) is 0.791. The van der Waals surface area contributed by atoms with Crippen molar-refractivity contribution in [2.45, 2.75) is 26.8 Å². The Balaban J connectivity index is 1.88. The first kappa shape index (κ1) is 18.8.